The van der Waals surface area contributed by atoms with Crippen molar-refractivity contribution >= 4 is 17.4 Å². The summed E-state index contributed by atoms with van der Waals surface area (Å²) >= 11 is 0. The number of allylic oxidation sites excluding steroid dienone is 4. The fourth-order valence-electron chi connectivity index (χ4n) is 3.92. The highest BCUT2D eigenvalue weighted by atomic mass is 16.1. The van der Waals surface area contributed by atoms with E-state index in [4.69, 9.17) is 0 Å². The minimum Gasteiger partial charge on any atom is -0.379 e. The van der Waals surface area contributed by atoms with Crippen molar-refractivity contribution in [3.63, 3.8) is 0 Å². The van der Waals surface area contributed by atoms with Gasteiger partial charge >= 0.3 is 0 Å². The number of benzene rings is 1. The molecule has 0 saturated heterocycles. The molecule has 0 bridgehead atoms. The van der Waals surface area contributed by atoms with Gasteiger partial charge in [-0.25, -0.2) is 0 Å². The van der Waals surface area contributed by atoms with Crippen molar-refractivity contribution in [3.8, 4) is 0 Å². The number of carbonyl (C=O) groups is 1. The van der Waals surface area contributed by atoms with Crippen LogP contribution in [0, 0.1) is 5.92 Å². The van der Waals surface area contributed by atoms with E-state index >= 15 is 0 Å². The van der Waals surface area contributed by atoms with E-state index in [1.807, 2.05) is 12.1 Å². The zero-order valence-corrected chi connectivity index (χ0v) is 14.0. The number of carbonyl (C=O) groups excluding carboxylic acids is 1. The molecule has 1 atom stereocenters. The van der Waals surface area contributed by atoms with E-state index in [9.17, 15) is 4.79 Å². The number of Topliss-reactive ketones (excluding diaryl/α,β-unsaturated/α-hetero) is 1. The molecule has 1 heterocycles. The van der Waals surface area contributed by atoms with Gasteiger partial charge in [0.1, 0.15) is 0 Å². The Morgan fingerprint density at radius 2 is 2.00 bits per heavy atom. The van der Waals surface area contributed by atoms with Crippen molar-refractivity contribution in [2.24, 2.45) is 5.92 Å². The minimum atomic E-state index is -0.00836. The lowest BCUT2D eigenvalue weighted by Crippen LogP contribution is -2.43. The summed E-state index contributed by atoms with van der Waals surface area (Å²) in [4.78, 5) is 11.6. The van der Waals surface area contributed by atoms with E-state index in [-0.39, 0.29) is 11.3 Å². The number of hydrogen-bond acceptors (Lipinski definition) is 2. The van der Waals surface area contributed by atoms with Gasteiger partial charge in [0.2, 0.25) is 0 Å². The fraction of sp³-hybridized carbons (Fsp3) is 0.286. The predicted molar refractivity (Wildman–Crippen MR) is 94.9 cm³/mol. The van der Waals surface area contributed by atoms with Crippen molar-refractivity contribution in [1.29, 1.82) is 0 Å². The maximum absolute atomic E-state index is 11.6. The van der Waals surface area contributed by atoms with E-state index < -0.39 is 0 Å². The van der Waals surface area contributed by atoms with Crippen molar-refractivity contribution < 1.29 is 4.79 Å². The molecule has 1 aromatic carbocycles. The average molecular weight is 303 g/mol. The third-order valence-electron chi connectivity index (χ3n) is 4.90. The second-order valence-electron chi connectivity index (χ2n) is 7.35. The van der Waals surface area contributed by atoms with Gasteiger partial charge in [0.15, 0.2) is 5.78 Å². The highest BCUT2D eigenvalue weighted by Gasteiger charge is 2.32. The molecule has 0 fully saturated rings. The smallest absolute Gasteiger partial charge is 0.159 e. The van der Waals surface area contributed by atoms with Gasteiger partial charge in [-0.2, -0.15) is 0 Å². The molecular weight excluding hydrogens is 282 g/mol. The number of fused-ring (bicyclic) bond motifs is 4. The van der Waals surface area contributed by atoms with Crippen molar-refractivity contribution in [2.45, 2.75) is 33.2 Å². The Hall–Kier alpha value is -2.35. The number of nitrogens with one attached hydrogen (secondary N) is 1. The molecule has 1 aliphatic heterocycles. The molecule has 0 spiro atoms. The van der Waals surface area contributed by atoms with Crippen LogP contribution in [0.3, 0.4) is 0 Å². The molecule has 4 rings (SSSR count). The molecule has 0 aromatic heterocycles. The first kappa shape index (κ1) is 14.3. The molecule has 23 heavy (non-hydrogen) atoms. The van der Waals surface area contributed by atoms with Crippen LogP contribution in [-0.2, 0) is 0 Å². The van der Waals surface area contributed by atoms with Crippen LogP contribution in [-0.4, -0.2) is 11.3 Å². The molecule has 1 unspecified atom stereocenters. The second kappa shape index (κ2) is 4.58. The van der Waals surface area contributed by atoms with Crippen molar-refractivity contribution in [1.82, 2.24) is 5.32 Å². The zero-order chi connectivity index (χ0) is 16.4. The molecule has 0 saturated carbocycles. The van der Waals surface area contributed by atoms with Crippen LogP contribution in [0.5, 0.6) is 0 Å². The first-order chi connectivity index (χ1) is 10.8. The van der Waals surface area contributed by atoms with Gasteiger partial charge in [-0.15, -0.1) is 0 Å². The van der Waals surface area contributed by atoms with Crippen LogP contribution in [0.15, 0.2) is 53.3 Å². The van der Waals surface area contributed by atoms with E-state index in [0.717, 1.165) is 11.1 Å². The Kier molecular flexibility index (Phi) is 2.84. The van der Waals surface area contributed by atoms with Gasteiger partial charge in [0.25, 0.3) is 0 Å². The molecule has 3 aliphatic rings. The van der Waals surface area contributed by atoms with Gasteiger partial charge in [0, 0.05) is 22.7 Å². The summed E-state index contributed by atoms with van der Waals surface area (Å²) in [6.45, 7) is 8.22. The van der Waals surface area contributed by atoms with Crippen LogP contribution in [0.25, 0.3) is 11.6 Å². The Balaban J connectivity index is 1.83. The molecule has 1 N–H and O–H groups in total. The van der Waals surface area contributed by atoms with Gasteiger partial charge in [-0.1, -0.05) is 29.9 Å². The fourth-order valence-corrected chi connectivity index (χ4v) is 3.92. The van der Waals surface area contributed by atoms with Gasteiger partial charge in [0.05, 0.1) is 0 Å². The average Bonchev–Trinajstić information content (AvgIpc) is 2.80. The number of hydrogen-bond donors (Lipinski definition) is 1. The van der Waals surface area contributed by atoms with Gasteiger partial charge in [-0.3, -0.25) is 4.79 Å². The highest BCUT2D eigenvalue weighted by molar-refractivity contribution is 6.01. The topological polar surface area (TPSA) is 29.1 Å². The maximum Gasteiger partial charge on any atom is 0.159 e. The normalized spacial score (nSPS) is 23.4. The van der Waals surface area contributed by atoms with Crippen LogP contribution in [0.1, 0.15) is 49.2 Å². The van der Waals surface area contributed by atoms with Crippen molar-refractivity contribution in [3.05, 3.63) is 70.0 Å². The number of ketones is 1. The second-order valence-corrected chi connectivity index (χ2v) is 7.35. The Labute approximate surface area is 137 Å². The van der Waals surface area contributed by atoms with E-state index in [0.29, 0.717) is 5.92 Å². The Morgan fingerprint density at radius 3 is 2.74 bits per heavy atom. The molecule has 116 valence electrons. The highest BCUT2D eigenvalue weighted by Crippen LogP contribution is 2.44. The summed E-state index contributed by atoms with van der Waals surface area (Å²) in [6, 6.07) is 6.02. The van der Waals surface area contributed by atoms with E-state index in [2.05, 4.69) is 56.5 Å². The van der Waals surface area contributed by atoms with Gasteiger partial charge in [-0.05, 0) is 68.2 Å². The van der Waals surface area contributed by atoms with Crippen LogP contribution in [0.2, 0.25) is 0 Å². The summed E-state index contributed by atoms with van der Waals surface area (Å²) in [6.07, 6.45) is 9.13. The van der Waals surface area contributed by atoms with E-state index in [1.165, 1.54) is 28.0 Å². The molecular formula is C21H21NO. The first-order valence-corrected chi connectivity index (χ1v) is 8.12. The van der Waals surface area contributed by atoms with Crippen LogP contribution in [0.4, 0.5) is 0 Å². The summed E-state index contributed by atoms with van der Waals surface area (Å²) in [5.74, 6) is 0.442. The molecule has 1 aromatic rings. The van der Waals surface area contributed by atoms with Gasteiger partial charge < -0.3 is 5.32 Å². The van der Waals surface area contributed by atoms with E-state index in [1.54, 1.807) is 6.92 Å². The lowest BCUT2D eigenvalue weighted by Gasteiger charge is -2.38. The van der Waals surface area contributed by atoms with Crippen LogP contribution >= 0.6 is 0 Å². The lowest BCUT2D eigenvalue weighted by atomic mass is 9.80. The molecule has 2 aliphatic carbocycles. The lowest BCUT2D eigenvalue weighted by molar-refractivity contribution is 0.101. The largest absolute Gasteiger partial charge is 0.379 e. The summed E-state index contributed by atoms with van der Waals surface area (Å²) < 4.78 is 0. The summed E-state index contributed by atoms with van der Waals surface area (Å²) in [5.41, 5.74) is 8.34. The number of rotatable bonds is 1. The molecule has 2 heteroatoms. The zero-order valence-electron chi connectivity index (χ0n) is 14.0. The monoisotopic (exact) mass is 303 g/mol. The minimum absolute atomic E-state index is 0.00836. The molecule has 0 amide bonds. The standard InChI is InChI=1S/C21H21NO/c1-12-11-21(3,4)22-20-9-16-8-15-7-14(13(2)23)5-6-17(15)19(16)10-18(12)20/h5-11,18,22H,1-4H3. The third kappa shape index (κ3) is 2.21. The SMILES string of the molecule is CC(=O)c1ccc2c(c1)C=C1C=C3NC(C)(C)C=C(C)C3C=C12. The molecule has 2 nitrogen and oxygen atoms in total. The summed E-state index contributed by atoms with van der Waals surface area (Å²) in [5, 5.41) is 3.64. The van der Waals surface area contributed by atoms with Crippen molar-refractivity contribution in [2.75, 3.05) is 0 Å². The maximum atomic E-state index is 11.6. The first-order valence-electron chi connectivity index (χ1n) is 8.12. The Morgan fingerprint density at radius 1 is 1.22 bits per heavy atom. The summed E-state index contributed by atoms with van der Waals surface area (Å²) in [7, 11) is 0. The van der Waals surface area contributed by atoms with Crippen LogP contribution < -0.4 is 5.32 Å². The molecule has 0 radical (unpaired) electrons. The quantitative estimate of drug-likeness (QED) is 0.611. The third-order valence-corrected chi connectivity index (χ3v) is 4.90. The predicted octanol–water partition coefficient (Wildman–Crippen LogP) is 4.51. The Bertz CT molecular complexity index is 862.